The number of halogens is 1. The molecule has 100 valence electrons. The summed E-state index contributed by atoms with van der Waals surface area (Å²) in [6, 6.07) is 7.98. The lowest BCUT2D eigenvalue weighted by molar-refractivity contribution is -0.120. The average molecular weight is 260 g/mol. The maximum Gasteiger partial charge on any atom is 0.226 e. The molecule has 0 aliphatic carbocycles. The van der Waals surface area contributed by atoms with Crippen molar-refractivity contribution in [2.24, 2.45) is 5.92 Å². The SMILES string of the molecule is CC(C)CNC(=O)Cc1ccc2cc(F)ccc2n1. The molecule has 0 unspecified atom stereocenters. The highest BCUT2D eigenvalue weighted by Gasteiger charge is 2.06. The molecule has 0 aliphatic heterocycles. The van der Waals surface area contributed by atoms with Gasteiger partial charge in [-0.05, 0) is 30.2 Å². The first kappa shape index (κ1) is 13.5. The van der Waals surface area contributed by atoms with Crippen LogP contribution in [-0.2, 0) is 11.2 Å². The molecule has 2 aromatic rings. The van der Waals surface area contributed by atoms with Crippen molar-refractivity contribution in [2.75, 3.05) is 6.54 Å². The predicted octanol–water partition coefficient (Wildman–Crippen LogP) is 2.69. The van der Waals surface area contributed by atoms with Gasteiger partial charge in [0.1, 0.15) is 5.82 Å². The van der Waals surface area contributed by atoms with Crippen LogP contribution in [-0.4, -0.2) is 17.4 Å². The molecular weight excluding hydrogens is 243 g/mol. The number of benzene rings is 1. The Morgan fingerprint density at radius 2 is 2.11 bits per heavy atom. The first-order valence-corrected chi connectivity index (χ1v) is 6.36. The van der Waals surface area contributed by atoms with Crippen LogP contribution in [0.5, 0.6) is 0 Å². The van der Waals surface area contributed by atoms with Gasteiger partial charge in [-0.1, -0.05) is 19.9 Å². The Morgan fingerprint density at radius 3 is 2.84 bits per heavy atom. The Morgan fingerprint density at radius 1 is 1.32 bits per heavy atom. The highest BCUT2D eigenvalue weighted by atomic mass is 19.1. The van der Waals surface area contributed by atoms with Crippen LogP contribution < -0.4 is 5.32 Å². The van der Waals surface area contributed by atoms with Crippen LogP contribution in [0, 0.1) is 11.7 Å². The average Bonchev–Trinajstić information content (AvgIpc) is 2.36. The van der Waals surface area contributed by atoms with Gasteiger partial charge in [0.05, 0.1) is 17.6 Å². The number of amides is 1. The normalized spacial score (nSPS) is 10.9. The molecule has 0 fully saturated rings. The Hall–Kier alpha value is -1.97. The number of nitrogens with one attached hydrogen (secondary N) is 1. The number of carbonyl (C=O) groups is 1. The second kappa shape index (κ2) is 5.78. The summed E-state index contributed by atoms with van der Waals surface area (Å²) in [5, 5.41) is 3.59. The summed E-state index contributed by atoms with van der Waals surface area (Å²) in [7, 11) is 0. The number of nitrogens with zero attached hydrogens (tertiary/aromatic N) is 1. The van der Waals surface area contributed by atoms with Crippen molar-refractivity contribution in [1.82, 2.24) is 10.3 Å². The molecule has 0 radical (unpaired) electrons. The maximum atomic E-state index is 13.0. The molecule has 1 amide bonds. The third kappa shape index (κ3) is 3.74. The van der Waals surface area contributed by atoms with Crippen molar-refractivity contribution in [2.45, 2.75) is 20.3 Å². The van der Waals surface area contributed by atoms with Crippen molar-refractivity contribution < 1.29 is 9.18 Å². The van der Waals surface area contributed by atoms with Crippen LogP contribution in [0.4, 0.5) is 4.39 Å². The van der Waals surface area contributed by atoms with Crippen LogP contribution in [0.15, 0.2) is 30.3 Å². The summed E-state index contributed by atoms with van der Waals surface area (Å²) in [4.78, 5) is 16.1. The van der Waals surface area contributed by atoms with Gasteiger partial charge in [-0.15, -0.1) is 0 Å². The first-order valence-electron chi connectivity index (χ1n) is 6.36. The number of aromatic nitrogens is 1. The van der Waals surface area contributed by atoms with Crippen molar-refractivity contribution in [3.63, 3.8) is 0 Å². The second-order valence-corrected chi connectivity index (χ2v) is 5.01. The molecule has 2 rings (SSSR count). The fourth-order valence-corrected chi connectivity index (χ4v) is 1.78. The van der Waals surface area contributed by atoms with Gasteiger partial charge in [-0.2, -0.15) is 0 Å². The number of hydrogen-bond acceptors (Lipinski definition) is 2. The molecule has 0 saturated carbocycles. The van der Waals surface area contributed by atoms with Gasteiger partial charge in [-0.3, -0.25) is 9.78 Å². The molecule has 4 heteroatoms. The highest BCUT2D eigenvalue weighted by Crippen LogP contribution is 2.14. The number of pyridine rings is 1. The van der Waals surface area contributed by atoms with Gasteiger partial charge >= 0.3 is 0 Å². The molecule has 1 heterocycles. The van der Waals surface area contributed by atoms with Gasteiger partial charge in [0, 0.05) is 11.9 Å². The number of carbonyl (C=O) groups excluding carboxylic acids is 1. The van der Waals surface area contributed by atoms with E-state index in [0.29, 0.717) is 23.7 Å². The molecule has 0 spiro atoms. The lowest BCUT2D eigenvalue weighted by Crippen LogP contribution is -2.28. The third-order valence-electron chi connectivity index (χ3n) is 2.76. The van der Waals surface area contributed by atoms with Crippen LogP contribution in [0.25, 0.3) is 10.9 Å². The van der Waals surface area contributed by atoms with E-state index < -0.39 is 0 Å². The Bertz CT molecular complexity index is 596. The molecule has 0 saturated heterocycles. The van der Waals surface area contributed by atoms with E-state index in [4.69, 9.17) is 0 Å². The van der Waals surface area contributed by atoms with E-state index in [1.165, 1.54) is 12.1 Å². The zero-order valence-electron chi connectivity index (χ0n) is 11.1. The number of rotatable bonds is 4. The van der Waals surface area contributed by atoms with Gasteiger partial charge in [0.25, 0.3) is 0 Å². The Kier molecular flexibility index (Phi) is 4.10. The van der Waals surface area contributed by atoms with Crippen LogP contribution in [0.1, 0.15) is 19.5 Å². The van der Waals surface area contributed by atoms with E-state index in [0.717, 1.165) is 5.39 Å². The monoisotopic (exact) mass is 260 g/mol. The van der Waals surface area contributed by atoms with E-state index in [1.807, 2.05) is 13.8 Å². The molecule has 0 atom stereocenters. The summed E-state index contributed by atoms with van der Waals surface area (Å²) in [6.45, 7) is 4.75. The standard InChI is InChI=1S/C15H17FN2O/c1-10(2)9-17-15(19)8-13-5-3-11-7-12(16)4-6-14(11)18-13/h3-7,10H,8-9H2,1-2H3,(H,17,19). The lowest BCUT2D eigenvalue weighted by atomic mass is 10.1. The number of fused-ring (bicyclic) bond motifs is 1. The molecule has 1 aromatic carbocycles. The van der Waals surface area contributed by atoms with Gasteiger partial charge in [-0.25, -0.2) is 4.39 Å². The summed E-state index contributed by atoms with van der Waals surface area (Å²) >= 11 is 0. The van der Waals surface area contributed by atoms with Crippen molar-refractivity contribution in [3.8, 4) is 0 Å². The number of hydrogen-bond donors (Lipinski definition) is 1. The maximum absolute atomic E-state index is 13.0. The molecule has 0 aliphatic rings. The first-order chi connectivity index (χ1) is 9.04. The molecule has 1 aromatic heterocycles. The van der Waals surface area contributed by atoms with E-state index in [9.17, 15) is 9.18 Å². The summed E-state index contributed by atoms with van der Waals surface area (Å²) in [5.41, 5.74) is 1.40. The molecular formula is C15H17FN2O. The van der Waals surface area contributed by atoms with E-state index in [1.54, 1.807) is 18.2 Å². The molecule has 19 heavy (non-hydrogen) atoms. The second-order valence-electron chi connectivity index (χ2n) is 5.01. The summed E-state index contributed by atoms with van der Waals surface area (Å²) in [5.74, 6) is 0.107. The van der Waals surface area contributed by atoms with E-state index >= 15 is 0 Å². The highest BCUT2D eigenvalue weighted by molar-refractivity contribution is 5.81. The van der Waals surface area contributed by atoms with Gasteiger partial charge in [0.15, 0.2) is 0 Å². The van der Waals surface area contributed by atoms with Crippen molar-refractivity contribution in [1.29, 1.82) is 0 Å². The van der Waals surface area contributed by atoms with Crippen LogP contribution in [0.3, 0.4) is 0 Å². The molecule has 0 bridgehead atoms. The van der Waals surface area contributed by atoms with Gasteiger partial charge < -0.3 is 5.32 Å². The molecule has 1 N–H and O–H groups in total. The topological polar surface area (TPSA) is 42.0 Å². The van der Waals surface area contributed by atoms with E-state index in [2.05, 4.69) is 10.3 Å². The van der Waals surface area contributed by atoms with Crippen LogP contribution >= 0.6 is 0 Å². The molecule has 3 nitrogen and oxygen atoms in total. The van der Waals surface area contributed by atoms with Crippen LogP contribution in [0.2, 0.25) is 0 Å². The zero-order valence-corrected chi connectivity index (χ0v) is 11.1. The minimum atomic E-state index is -0.281. The fourth-order valence-electron chi connectivity index (χ4n) is 1.78. The quantitative estimate of drug-likeness (QED) is 0.918. The largest absolute Gasteiger partial charge is 0.356 e. The van der Waals surface area contributed by atoms with Crippen molar-refractivity contribution >= 4 is 16.8 Å². The lowest BCUT2D eigenvalue weighted by Gasteiger charge is -2.07. The zero-order chi connectivity index (χ0) is 13.8. The minimum Gasteiger partial charge on any atom is -0.356 e. The third-order valence-corrected chi connectivity index (χ3v) is 2.76. The van der Waals surface area contributed by atoms with Gasteiger partial charge in [0.2, 0.25) is 5.91 Å². The smallest absolute Gasteiger partial charge is 0.226 e. The summed E-state index contributed by atoms with van der Waals surface area (Å²) in [6.07, 6.45) is 0.250. The Balaban J connectivity index is 2.09. The van der Waals surface area contributed by atoms with Crippen molar-refractivity contribution in [3.05, 3.63) is 41.8 Å². The summed E-state index contributed by atoms with van der Waals surface area (Å²) < 4.78 is 13.0. The predicted molar refractivity (Wildman–Crippen MR) is 73.3 cm³/mol. The fraction of sp³-hybridized carbons (Fsp3) is 0.333. The van der Waals surface area contributed by atoms with E-state index in [-0.39, 0.29) is 18.1 Å². The Labute approximate surface area is 111 Å². The minimum absolute atomic E-state index is 0.0392.